The lowest BCUT2D eigenvalue weighted by Crippen LogP contribution is -2.44. The minimum Gasteiger partial charge on any atom is -0.478 e. The summed E-state index contributed by atoms with van der Waals surface area (Å²) in [5, 5.41) is 12.3. The van der Waals surface area contributed by atoms with Crippen molar-refractivity contribution >= 4 is 5.97 Å². The Bertz CT molecular complexity index is 318. The molecule has 1 heterocycles. The zero-order chi connectivity index (χ0) is 13.4. The second-order valence-electron chi connectivity index (χ2n) is 4.76. The number of hydrogen-bond donors (Lipinski definition) is 2. The van der Waals surface area contributed by atoms with Crippen molar-refractivity contribution in [1.29, 1.82) is 0 Å². The Labute approximate surface area is 109 Å². The third kappa shape index (κ3) is 5.47. The van der Waals surface area contributed by atoms with Gasteiger partial charge in [-0.2, -0.15) is 0 Å². The standard InChI is InChI=1S/C14H24N2O2/c1-3-4-13(14(17)18)6-5-12(2)11-16-9-7-15-8-10-16/h4-6,12,15H,3,7-11H2,1-2H3,(H,17,18)/b6-5-,13-4+. The first kappa shape index (κ1) is 14.9. The van der Waals surface area contributed by atoms with Crippen LogP contribution in [0.25, 0.3) is 0 Å². The Morgan fingerprint density at radius 1 is 1.44 bits per heavy atom. The number of carboxylic acid groups (broad SMARTS) is 1. The van der Waals surface area contributed by atoms with E-state index in [1.54, 1.807) is 12.2 Å². The van der Waals surface area contributed by atoms with Crippen LogP contribution in [0.15, 0.2) is 23.8 Å². The fourth-order valence-corrected chi connectivity index (χ4v) is 2.08. The summed E-state index contributed by atoms with van der Waals surface area (Å²) in [6.07, 6.45) is 6.23. The highest BCUT2D eigenvalue weighted by molar-refractivity contribution is 5.89. The molecule has 1 aliphatic heterocycles. The molecule has 0 bridgehead atoms. The number of allylic oxidation sites excluding steroid dienone is 1. The lowest BCUT2D eigenvalue weighted by atomic mass is 10.1. The smallest absolute Gasteiger partial charge is 0.335 e. The number of nitrogens with zero attached hydrogens (tertiary/aromatic N) is 1. The molecule has 2 N–H and O–H groups in total. The van der Waals surface area contributed by atoms with Crippen molar-refractivity contribution in [2.75, 3.05) is 32.7 Å². The average Bonchev–Trinajstić information content (AvgIpc) is 2.35. The van der Waals surface area contributed by atoms with Gasteiger partial charge in [-0.05, 0) is 12.3 Å². The van der Waals surface area contributed by atoms with Crippen LogP contribution in [0.5, 0.6) is 0 Å². The van der Waals surface area contributed by atoms with E-state index in [4.69, 9.17) is 5.11 Å². The number of carboxylic acids is 1. The van der Waals surface area contributed by atoms with Crippen molar-refractivity contribution in [2.45, 2.75) is 20.3 Å². The second kappa shape index (κ2) is 8.06. The maximum Gasteiger partial charge on any atom is 0.335 e. The zero-order valence-corrected chi connectivity index (χ0v) is 11.4. The molecule has 1 atom stereocenters. The van der Waals surface area contributed by atoms with Gasteiger partial charge in [-0.15, -0.1) is 0 Å². The molecule has 4 heteroatoms. The van der Waals surface area contributed by atoms with E-state index >= 15 is 0 Å². The summed E-state index contributed by atoms with van der Waals surface area (Å²) in [5.74, 6) is -0.467. The highest BCUT2D eigenvalue weighted by atomic mass is 16.4. The van der Waals surface area contributed by atoms with Crippen molar-refractivity contribution in [3.8, 4) is 0 Å². The summed E-state index contributed by atoms with van der Waals surface area (Å²) in [6, 6.07) is 0. The van der Waals surface area contributed by atoms with Crippen LogP contribution in [-0.4, -0.2) is 48.7 Å². The maximum absolute atomic E-state index is 11.0. The van der Waals surface area contributed by atoms with Gasteiger partial charge in [0.2, 0.25) is 0 Å². The fraction of sp³-hybridized carbons (Fsp3) is 0.643. The number of aliphatic carboxylic acids is 1. The van der Waals surface area contributed by atoms with Gasteiger partial charge < -0.3 is 15.3 Å². The highest BCUT2D eigenvalue weighted by Crippen LogP contribution is 2.07. The molecule has 18 heavy (non-hydrogen) atoms. The molecule has 0 radical (unpaired) electrons. The summed E-state index contributed by atoms with van der Waals surface area (Å²) >= 11 is 0. The Morgan fingerprint density at radius 2 is 2.11 bits per heavy atom. The van der Waals surface area contributed by atoms with Crippen LogP contribution >= 0.6 is 0 Å². The molecule has 0 spiro atoms. The minimum atomic E-state index is -0.845. The van der Waals surface area contributed by atoms with Gasteiger partial charge in [0.1, 0.15) is 0 Å². The molecule has 0 aromatic carbocycles. The number of carbonyl (C=O) groups is 1. The molecule has 0 amide bonds. The van der Waals surface area contributed by atoms with Gasteiger partial charge in [-0.25, -0.2) is 4.79 Å². The molecule has 1 aliphatic rings. The van der Waals surface area contributed by atoms with Gasteiger partial charge >= 0.3 is 5.97 Å². The summed E-state index contributed by atoms with van der Waals surface area (Å²) in [7, 11) is 0. The van der Waals surface area contributed by atoms with Crippen molar-refractivity contribution in [3.63, 3.8) is 0 Å². The Morgan fingerprint density at radius 3 is 2.67 bits per heavy atom. The number of rotatable bonds is 6. The lowest BCUT2D eigenvalue weighted by molar-refractivity contribution is -0.132. The average molecular weight is 252 g/mol. The van der Waals surface area contributed by atoms with Crippen LogP contribution in [0.2, 0.25) is 0 Å². The van der Waals surface area contributed by atoms with Crippen molar-refractivity contribution in [3.05, 3.63) is 23.8 Å². The van der Waals surface area contributed by atoms with E-state index in [1.165, 1.54) is 0 Å². The van der Waals surface area contributed by atoms with E-state index in [2.05, 4.69) is 17.1 Å². The van der Waals surface area contributed by atoms with Crippen LogP contribution in [0.4, 0.5) is 0 Å². The maximum atomic E-state index is 11.0. The van der Waals surface area contributed by atoms with Crippen LogP contribution in [-0.2, 0) is 4.79 Å². The van der Waals surface area contributed by atoms with E-state index in [1.807, 2.05) is 13.0 Å². The number of nitrogens with one attached hydrogen (secondary N) is 1. The lowest BCUT2D eigenvalue weighted by Gasteiger charge is -2.28. The number of piperazine rings is 1. The van der Waals surface area contributed by atoms with Gasteiger partial charge in [-0.3, -0.25) is 0 Å². The predicted molar refractivity (Wildman–Crippen MR) is 73.6 cm³/mol. The first-order valence-corrected chi connectivity index (χ1v) is 6.68. The fourth-order valence-electron chi connectivity index (χ4n) is 2.08. The third-order valence-corrected chi connectivity index (χ3v) is 3.03. The predicted octanol–water partition coefficient (Wildman–Crippen LogP) is 1.50. The summed E-state index contributed by atoms with van der Waals surface area (Å²) in [4.78, 5) is 13.4. The summed E-state index contributed by atoms with van der Waals surface area (Å²) in [6.45, 7) is 9.32. The molecule has 0 aromatic heterocycles. The molecule has 1 unspecified atom stereocenters. The van der Waals surface area contributed by atoms with Gasteiger partial charge in [-0.1, -0.05) is 32.1 Å². The second-order valence-corrected chi connectivity index (χ2v) is 4.76. The molecule has 4 nitrogen and oxygen atoms in total. The molecule has 0 aromatic rings. The first-order valence-electron chi connectivity index (χ1n) is 6.68. The van der Waals surface area contributed by atoms with E-state index in [0.29, 0.717) is 11.5 Å². The third-order valence-electron chi connectivity index (χ3n) is 3.03. The Hall–Kier alpha value is -1.13. The van der Waals surface area contributed by atoms with E-state index in [-0.39, 0.29) is 0 Å². The zero-order valence-electron chi connectivity index (χ0n) is 11.4. The quantitative estimate of drug-likeness (QED) is 0.556. The van der Waals surface area contributed by atoms with E-state index < -0.39 is 5.97 Å². The summed E-state index contributed by atoms with van der Waals surface area (Å²) < 4.78 is 0. The Kier molecular flexibility index (Phi) is 6.68. The van der Waals surface area contributed by atoms with Crippen molar-refractivity contribution in [2.24, 2.45) is 5.92 Å². The molecule has 1 rings (SSSR count). The largest absolute Gasteiger partial charge is 0.478 e. The Balaban J connectivity index is 2.44. The first-order chi connectivity index (χ1) is 8.63. The molecular formula is C14H24N2O2. The van der Waals surface area contributed by atoms with Crippen LogP contribution < -0.4 is 5.32 Å². The molecular weight excluding hydrogens is 228 g/mol. The number of hydrogen-bond acceptors (Lipinski definition) is 3. The van der Waals surface area contributed by atoms with Gasteiger partial charge in [0.25, 0.3) is 0 Å². The van der Waals surface area contributed by atoms with E-state index in [9.17, 15) is 4.79 Å². The monoisotopic (exact) mass is 252 g/mol. The van der Waals surface area contributed by atoms with Gasteiger partial charge in [0.15, 0.2) is 0 Å². The summed E-state index contributed by atoms with van der Waals surface area (Å²) in [5.41, 5.74) is 0.393. The van der Waals surface area contributed by atoms with Gasteiger partial charge in [0.05, 0.1) is 5.57 Å². The molecule has 102 valence electrons. The van der Waals surface area contributed by atoms with Crippen LogP contribution in [0.1, 0.15) is 20.3 Å². The topological polar surface area (TPSA) is 52.6 Å². The molecule has 0 saturated carbocycles. The van der Waals surface area contributed by atoms with Crippen LogP contribution in [0, 0.1) is 5.92 Å². The van der Waals surface area contributed by atoms with E-state index in [0.717, 1.165) is 39.1 Å². The molecule has 0 aliphatic carbocycles. The molecule has 1 saturated heterocycles. The minimum absolute atomic E-state index is 0.378. The molecule has 1 fully saturated rings. The normalized spacial score (nSPS) is 20.2. The SMILES string of the molecule is CC/C=C(\C=C/C(C)CN1CCNCC1)C(=O)O. The van der Waals surface area contributed by atoms with Crippen LogP contribution in [0.3, 0.4) is 0 Å². The highest BCUT2D eigenvalue weighted by Gasteiger charge is 2.11. The van der Waals surface area contributed by atoms with Gasteiger partial charge in [0, 0.05) is 32.7 Å². The van der Waals surface area contributed by atoms with Crippen molar-refractivity contribution < 1.29 is 9.90 Å². The van der Waals surface area contributed by atoms with Crippen molar-refractivity contribution in [1.82, 2.24) is 10.2 Å².